The summed E-state index contributed by atoms with van der Waals surface area (Å²) in [5.74, 6) is 0.572. The van der Waals surface area contributed by atoms with E-state index in [1.807, 2.05) is 38.2 Å². The summed E-state index contributed by atoms with van der Waals surface area (Å²) < 4.78 is 6.78. The van der Waals surface area contributed by atoms with E-state index in [1.165, 1.54) is 4.90 Å². The molecule has 1 aromatic carbocycles. The predicted octanol–water partition coefficient (Wildman–Crippen LogP) is 2.00. The predicted molar refractivity (Wildman–Crippen MR) is 92.1 cm³/mol. The number of nitrogens with one attached hydrogen (secondary N) is 1. The number of benzene rings is 1. The van der Waals surface area contributed by atoms with Crippen molar-refractivity contribution in [3.05, 3.63) is 47.4 Å². The van der Waals surface area contributed by atoms with Gasteiger partial charge in [-0.3, -0.25) is 9.48 Å². The third kappa shape index (κ3) is 2.83. The third-order valence-corrected chi connectivity index (χ3v) is 3.82. The molecule has 0 atom stereocenters. The monoisotopic (exact) mass is 328 g/mol. The Morgan fingerprint density at radius 3 is 2.57 bits per heavy atom. The number of hydrogen-bond donors (Lipinski definition) is 1. The molecule has 1 aliphatic rings. The largest absolute Gasteiger partial charge is 0.497 e. The summed E-state index contributed by atoms with van der Waals surface area (Å²) in [5.41, 5.74) is 2.75. The molecule has 6 nitrogen and oxygen atoms in total. The normalized spacial score (nSPS) is 16.1. The second-order valence-corrected chi connectivity index (χ2v) is 5.56. The molecule has 2 aromatic rings. The lowest BCUT2D eigenvalue weighted by molar-refractivity contribution is -0.113. The number of anilines is 1. The zero-order chi connectivity index (χ0) is 16.6. The van der Waals surface area contributed by atoms with Crippen LogP contribution in [0, 0.1) is 6.92 Å². The summed E-state index contributed by atoms with van der Waals surface area (Å²) in [7, 11) is 3.42. The lowest BCUT2D eigenvalue weighted by Gasteiger charge is -2.11. The molecule has 3 rings (SSSR count). The van der Waals surface area contributed by atoms with E-state index in [-0.39, 0.29) is 5.91 Å². The third-order valence-electron chi connectivity index (χ3n) is 3.53. The maximum absolute atomic E-state index is 12.7. The first-order chi connectivity index (χ1) is 11.0. The number of carbonyl (C=O) groups excluding carboxylic acids is 1. The second kappa shape index (κ2) is 5.85. The first kappa shape index (κ1) is 15.2. The van der Waals surface area contributed by atoms with Crippen LogP contribution >= 0.6 is 12.2 Å². The van der Waals surface area contributed by atoms with E-state index in [1.54, 1.807) is 24.1 Å². The van der Waals surface area contributed by atoms with Gasteiger partial charge >= 0.3 is 0 Å². The highest BCUT2D eigenvalue weighted by atomic mass is 32.1. The minimum atomic E-state index is -0.193. The van der Waals surface area contributed by atoms with E-state index in [4.69, 9.17) is 17.0 Å². The van der Waals surface area contributed by atoms with Crippen LogP contribution in [0.5, 0.6) is 5.75 Å². The average Bonchev–Trinajstić information content (AvgIpc) is 2.99. The van der Waals surface area contributed by atoms with Gasteiger partial charge in [0.2, 0.25) is 0 Å². The second-order valence-electron chi connectivity index (χ2n) is 5.18. The fourth-order valence-electron chi connectivity index (χ4n) is 2.43. The van der Waals surface area contributed by atoms with Gasteiger partial charge in [0.15, 0.2) is 5.11 Å². The smallest absolute Gasteiger partial charge is 0.281 e. The van der Waals surface area contributed by atoms with Crippen molar-refractivity contribution in [2.45, 2.75) is 6.92 Å². The van der Waals surface area contributed by atoms with Crippen molar-refractivity contribution in [3.63, 3.8) is 0 Å². The van der Waals surface area contributed by atoms with E-state index in [2.05, 4.69) is 10.4 Å². The Morgan fingerprint density at radius 2 is 2.00 bits per heavy atom. The summed E-state index contributed by atoms with van der Waals surface area (Å²) in [6, 6.07) is 7.43. The van der Waals surface area contributed by atoms with Gasteiger partial charge in [0, 0.05) is 13.2 Å². The molecular formula is C16H16N4O2S. The van der Waals surface area contributed by atoms with Gasteiger partial charge in [0.1, 0.15) is 11.4 Å². The van der Waals surface area contributed by atoms with Crippen molar-refractivity contribution in [1.29, 1.82) is 0 Å². The summed E-state index contributed by atoms with van der Waals surface area (Å²) >= 11 is 5.30. The summed E-state index contributed by atoms with van der Waals surface area (Å²) in [6.45, 7) is 1.84. The average molecular weight is 328 g/mol. The van der Waals surface area contributed by atoms with Gasteiger partial charge in [0.05, 0.1) is 18.5 Å². The molecule has 1 saturated heterocycles. The number of nitrogens with zero attached hydrogens (tertiary/aromatic N) is 3. The van der Waals surface area contributed by atoms with E-state index >= 15 is 0 Å². The fourth-order valence-corrected chi connectivity index (χ4v) is 2.72. The molecule has 1 amide bonds. The first-order valence-electron chi connectivity index (χ1n) is 7.01. The molecule has 1 N–H and O–H groups in total. The van der Waals surface area contributed by atoms with Crippen LogP contribution in [0.2, 0.25) is 0 Å². The van der Waals surface area contributed by atoms with Gasteiger partial charge in [-0.05, 0) is 42.9 Å². The molecule has 7 heteroatoms. The van der Waals surface area contributed by atoms with Crippen molar-refractivity contribution in [2.75, 3.05) is 12.0 Å². The zero-order valence-electron chi connectivity index (χ0n) is 13.0. The Morgan fingerprint density at radius 1 is 1.30 bits per heavy atom. The van der Waals surface area contributed by atoms with Crippen LogP contribution in [0.1, 0.15) is 11.3 Å². The molecular weight excluding hydrogens is 312 g/mol. The number of hydrogen-bond acceptors (Lipinski definition) is 4. The molecule has 0 unspecified atom stereocenters. The van der Waals surface area contributed by atoms with Crippen LogP contribution in [-0.4, -0.2) is 27.9 Å². The Kier molecular flexibility index (Phi) is 3.87. The number of rotatable bonds is 3. The first-order valence-corrected chi connectivity index (χ1v) is 7.42. The van der Waals surface area contributed by atoms with Crippen LogP contribution < -0.4 is 15.0 Å². The molecule has 0 spiro atoms. The number of amides is 1. The highest BCUT2D eigenvalue weighted by molar-refractivity contribution is 7.80. The summed E-state index contributed by atoms with van der Waals surface area (Å²) in [4.78, 5) is 14.1. The molecule has 2 heterocycles. The van der Waals surface area contributed by atoms with Gasteiger partial charge < -0.3 is 10.1 Å². The fraction of sp³-hybridized carbons (Fsp3) is 0.188. The molecule has 1 aromatic heterocycles. The SMILES string of the molecule is COc1ccc(/C=C2\NC(=S)N(c3cn(C)nc3C)C2=O)cc1. The van der Waals surface area contributed by atoms with Crippen LogP contribution in [0.15, 0.2) is 36.2 Å². The number of aromatic nitrogens is 2. The molecule has 23 heavy (non-hydrogen) atoms. The minimum Gasteiger partial charge on any atom is -0.497 e. The van der Waals surface area contributed by atoms with Crippen molar-refractivity contribution >= 4 is 35.0 Å². The maximum Gasteiger partial charge on any atom is 0.281 e. The topological polar surface area (TPSA) is 59.4 Å². The summed E-state index contributed by atoms with van der Waals surface area (Å²) in [6.07, 6.45) is 3.54. The van der Waals surface area contributed by atoms with Crippen molar-refractivity contribution < 1.29 is 9.53 Å². The molecule has 1 fully saturated rings. The molecule has 0 aliphatic carbocycles. The van der Waals surface area contributed by atoms with E-state index in [0.717, 1.165) is 17.0 Å². The van der Waals surface area contributed by atoms with Gasteiger partial charge in [0.25, 0.3) is 5.91 Å². The van der Waals surface area contributed by atoms with E-state index < -0.39 is 0 Å². The molecule has 0 bridgehead atoms. The van der Waals surface area contributed by atoms with Crippen LogP contribution in [0.3, 0.4) is 0 Å². The van der Waals surface area contributed by atoms with E-state index in [9.17, 15) is 4.79 Å². The standard InChI is InChI=1S/C16H16N4O2S/c1-10-14(9-19(2)18-10)20-15(21)13(17-16(20)23)8-11-4-6-12(22-3)7-5-11/h4-9H,1-3H3,(H,17,23)/b13-8-. The van der Waals surface area contributed by atoms with Gasteiger partial charge in [-0.1, -0.05) is 12.1 Å². The van der Waals surface area contributed by atoms with Crippen LogP contribution in [0.4, 0.5) is 5.69 Å². The number of methoxy groups -OCH3 is 1. The van der Waals surface area contributed by atoms with Crippen molar-refractivity contribution in [1.82, 2.24) is 15.1 Å². The quantitative estimate of drug-likeness (QED) is 0.690. The Hall–Kier alpha value is -2.67. The molecule has 118 valence electrons. The maximum atomic E-state index is 12.7. The molecule has 0 radical (unpaired) electrons. The lowest BCUT2D eigenvalue weighted by Crippen LogP contribution is -2.30. The number of ether oxygens (including phenoxy) is 1. The van der Waals surface area contributed by atoms with Crippen molar-refractivity contribution in [3.8, 4) is 5.75 Å². The van der Waals surface area contributed by atoms with Gasteiger partial charge in [-0.2, -0.15) is 5.10 Å². The Labute approximate surface area is 139 Å². The summed E-state index contributed by atoms with van der Waals surface area (Å²) in [5, 5.41) is 7.57. The van der Waals surface area contributed by atoms with E-state index in [0.29, 0.717) is 16.5 Å². The Bertz CT molecular complexity index is 808. The Balaban J connectivity index is 1.91. The number of thiocarbonyl (C=S) groups is 1. The van der Waals surface area contributed by atoms with Crippen molar-refractivity contribution in [2.24, 2.45) is 7.05 Å². The van der Waals surface area contributed by atoms with Crippen LogP contribution in [0.25, 0.3) is 6.08 Å². The van der Waals surface area contributed by atoms with Gasteiger partial charge in [-0.15, -0.1) is 0 Å². The number of carbonyl (C=O) groups is 1. The minimum absolute atomic E-state index is 0.193. The molecule has 0 saturated carbocycles. The van der Waals surface area contributed by atoms with Gasteiger partial charge in [-0.25, -0.2) is 4.90 Å². The zero-order valence-corrected chi connectivity index (χ0v) is 13.8. The van der Waals surface area contributed by atoms with Crippen LogP contribution in [-0.2, 0) is 11.8 Å². The highest BCUT2D eigenvalue weighted by Gasteiger charge is 2.33. The molecule has 1 aliphatic heterocycles. The lowest BCUT2D eigenvalue weighted by atomic mass is 10.2. The number of aryl methyl sites for hydroxylation is 2. The highest BCUT2D eigenvalue weighted by Crippen LogP contribution is 2.25.